The number of piperidine rings is 1. The van der Waals surface area contributed by atoms with Gasteiger partial charge in [-0.05, 0) is 63.3 Å². The standard InChI is InChI=1S/C20H26N4OS/c1-14-7-8-17(10-15(14)2)23-19(25)12-26-20-11-18(21-13-22-20)24-9-5-4-6-16(24)3/h7-8,10-11,13,16H,4-6,9,12H2,1-3H3,(H,23,25)/t16-/m0/s1. The molecule has 0 radical (unpaired) electrons. The van der Waals surface area contributed by atoms with Gasteiger partial charge in [0, 0.05) is 24.3 Å². The molecule has 1 aromatic heterocycles. The van der Waals surface area contributed by atoms with Crippen LogP contribution in [0.2, 0.25) is 0 Å². The Morgan fingerprint density at radius 1 is 1.23 bits per heavy atom. The second-order valence-electron chi connectivity index (χ2n) is 6.89. The minimum atomic E-state index is -0.0234. The van der Waals surface area contributed by atoms with E-state index in [9.17, 15) is 4.79 Å². The monoisotopic (exact) mass is 370 g/mol. The maximum Gasteiger partial charge on any atom is 0.234 e. The van der Waals surface area contributed by atoms with Crippen LogP contribution in [-0.4, -0.2) is 34.2 Å². The summed E-state index contributed by atoms with van der Waals surface area (Å²) in [5, 5.41) is 3.79. The summed E-state index contributed by atoms with van der Waals surface area (Å²) in [6, 6.07) is 8.46. The zero-order valence-electron chi connectivity index (χ0n) is 15.7. The minimum Gasteiger partial charge on any atom is -0.354 e. The molecule has 6 heteroatoms. The normalized spacial score (nSPS) is 17.2. The van der Waals surface area contributed by atoms with Gasteiger partial charge in [-0.2, -0.15) is 0 Å². The molecular formula is C20H26N4OS. The van der Waals surface area contributed by atoms with Crippen LogP contribution in [0.1, 0.15) is 37.3 Å². The van der Waals surface area contributed by atoms with Crippen LogP contribution in [0, 0.1) is 13.8 Å². The lowest BCUT2D eigenvalue weighted by molar-refractivity contribution is -0.113. The Morgan fingerprint density at radius 3 is 2.85 bits per heavy atom. The number of aryl methyl sites for hydroxylation is 2. The average Bonchev–Trinajstić information content (AvgIpc) is 2.64. The summed E-state index contributed by atoms with van der Waals surface area (Å²) in [5.74, 6) is 1.27. The van der Waals surface area contributed by atoms with E-state index in [0.717, 1.165) is 23.1 Å². The molecule has 1 N–H and O–H groups in total. The number of carbonyl (C=O) groups is 1. The van der Waals surface area contributed by atoms with Gasteiger partial charge in [0.25, 0.3) is 0 Å². The minimum absolute atomic E-state index is 0.0234. The molecule has 0 bridgehead atoms. The summed E-state index contributed by atoms with van der Waals surface area (Å²) in [6.45, 7) is 7.39. The molecule has 1 aliphatic heterocycles. The summed E-state index contributed by atoms with van der Waals surface area (Å²) in [5.41, 5.74) is 3.23. The zero-order chi connectivity index (χ0) is 18.5. The number of hydrogen-bond donors (Lipinski definition) is 1. The third-order valence-electron chi connectivity index (χ3n) is 4.87. The van der Waals surface area contributed by atoms with Gasteiger partial charge in [-0.3, -0.25) is 4.79 Å². The van der Waals surface area contributed by atoms with Gasteiger partial charge in [0.05, 0.1) is 5.75 Å². The molecule has 0 unspecified atom stereocenters. The SMILES string of the molecule is Cc1ccc(NC(=O)CSc2cc(N3CCCC[C@@H]3C)ncn2)cc1C. The van der Waals surface area contributed by atoms with Gasteiger partial charge in [0.2, 0.25) is 5.91 Å². The topological polar surface area (TPSA) is 58.1 Å². The Morgan fingerprint density at radius 2 is 2.08 bits per heavy atom. The van der Waals surface area contributed by atoms with Crippen molar-refractivity contribution in [1.82, 2.24) is 9.97 Å². The number of anilines is 2. The van der Waals surface area contributed by atoms with Gasteiger partial charge in [-0.15, -0.1) is 0 Å². The van der Waals surface area contributed by atoms with Gasteiger partial charge in [-0.25, -0.2) is 9.97 Å². The molecule has 3 rings (SSSR count). The van der Waals surface area contributed by atoms with Crippen LogP contribution in [0.3, 0.4) is 0 Å². The largest absolute Gasteiger partial charge is 0.354 e. The van der Waals surface area contributed by atoms with E-state index in [0.29, 0.717) is 11.8 Å². The molecule has 1 amide bonds. The highest BCUT2D eigenvalue weighted by molar-refractivity contribution is 7.99. The Hall–Kier alpha value is -2.08. The molecule has 138 valence electrons. The molecular weight excluding hydrogens is 344 g/mol. The number of carbonyl (C=O) groups excluding carboxylic acids is 1. The smallest absolute Gasteiger partial charge is 0.234 e. The van der Waals surface area contributed by atoms with E-state index in [-0.39, 0.29) is 5.91 Å². The van der Waals surface area contributed by atoms with Gasteiger partial charge in [-0.1, -0.05) is 17.8 Å². The van der Waals surface area contributed by atoms with Crippen LogP contribution in [-0.2, 0) is 4.79 Å². The Bertz CT molecular complexity index is 780. The fraction of sp³-hybridized carbons (Fsp3) is 0.450. The fourth-order valence-electron chi connectivity index (χ4n) is 3.16. The van der Waals surface area contributed by atoms with Crippen molar-refractivity contribution in [3.8, 4) is 0 Å². The Balaban J connectivity index is 1.58. The Labute approximate surface area is 159 Å². The summed E-state index contributed by atoms with van der Waals surface area (Å²) in [4.78, 5) is 23.3. The lowest BCUT2D eigenvalue weighted by Crippen LogP contribution is -2.38. The molecule has 2 heterocycles. The van der Waals surface area contributed by atoms with E-state index in [1.165, 1.54) is 42.2 Å². The third kappa shape index (κ3) is 4.75. The predicted octanol–water partition coefficient (Wildman–Crippen LogP) is 4.20. The van der Waals surface area contributed by atoms with E-state index in [1.807, 2.05) is 31.2 Å². The summed E-state index contributed by atoms with van der Waals surface area (Å²) < 4.78 is 0. The molecule has 1 aliphatic rings. The molecule has 26 heavy (non-hydrogen) atoms. The average molecular weight is 371 g/mol. The number of rotatable bonds is 5. The molecule has 2 aromatic rings. The number of nitrogens with zero attached hydrogens (tertiary/aromatic N) is 3. The summed E-state index contributed by atoms with van der Waals surface area (Å²) in [6.07, 6.45) is 5.28. The maximum atomic E-state index is 12.2. The van der Waals surface area contributed by atoms with Crippen molar-refractivity contribution in [1.29, 1.82) is 0 Å². The number of aromatic nitrogens is 2. The van der Waals surface area contributed by atoms with Crippen LogP contribution >= 0.6 is 11.8 Å². The van der Waals surface area contributed by atoms with Gasteiger partial charge in [0.1, 0.15) is 17.2 Å². The number of hydrogen-bond acceptors (Lipinski definition) is 5. The Kier molecular flexibility index (Phi) is 6.14. The molecule has 1 fully saturated rings. The molecule has 0 spiro atoms. The van der Waals surface area contributed by atoms with E-state index in [1.54, 1.807) is 6.33 Å². The first-order valence-corrected chi connectivity index (χ1v) is 10.1. The highest BCUT2D eigenvalue weighted by atomic mass is 32.2. The zero-order valence-corrected chi connectivity index (χ0v) is 16.5. The number of nitrogens with one attached hydrogen (secondary N) is 1. The maximum absolute atomic E-state index is 12.2. The van der Waals surface area contributed by atoms with Crippen molar-refractivity contribution >= 4 is 29.2 Å². The predicted molar refractivity (Wildman–Crippen MR) is 108 cm³/mol. The van der Waals surface area contributed by atoms with Gasteiger partial charge in [0.15, 0.2) is 0 Å². The van der Waals surface area contributed by atoms with Crippen LogP contribution in [0.4, 0.5) is 11.5 Å². The van der Waals surface area contributed by atoms with E-state index in [4.69, 9.17) is 0 Å². The summed E-state index contributed by atoms with van der Waals surface area (Å²) >= 11 is 1.44. The van der Waals surface area contributed by atoms with Crippen molar-refractivity contribution in [3.05, 3.63) is 41.7 Å². The van der Waals surface area contributed by atoms with Gasteiger partial charge >= 0.3 is 0 Å². The first-order chi connectivity index (χ1) is 12.5. The van der Waals surface area contributed by atoms with Crippen LogP contribution < -0.4 is 10.2 Å². The second-order valence-corrected chi connectivity index (χ2v) is 7.88. The third-order valence-corrected chi connectivity index (χ3v) is 5.79. The lowest BCUT2D eigenvalue weighted by atomic mass is 10.0. The van der Waals surface area contributed by atoms with E-state index >= 15 is 0 Å². The second kappa shape index (κ2) is 8.54. The molecule has 1 atom stereocenters. The first-order valence-electron chi connectivity index (χ1n) is 9.11. The van der Waals surface area contributed by atoms with Crippen LogP contribution in [0.25, 0.3) is 0 Å². The molecule has 0 saturated carbocycles. The fourth-order valence-corrected chi connectivity index (χ4v) is 3.82. The quantitative estimate of drug-likeness (QED) is 0.631. The number of amides is 1. The highest BCUT2D eigenvalue weighted by Crippen LogP contribution is 2.25. The molecule has 5 nitrogen and oxygen atoms in total. The van der Waals surface area contributed by atoms with Crippen molar-refractivity contribution in [2.45, 2.75) is 51.1 Å². The molecule has 1 aromatic carbocycles. The van der Waals surface area contributed by atoms with E-state index in [2.05, 4.69) is 34.0 Å². The van der Waals surface area contributed by atoms with Crippen LogP contribution in [0.15, 0.2) is 35.6 Å². The molecule has 1 saturated heterocycles. The van der Waals surface area contributed by atoms with Crippen molar-refractivity contribution in [3.63, 3.8) is 0 Å². The van der Waals surface area contributed by atoms with Crippen molar-refractivity contribution in [2.24, 2.45) is 0 Å². The van der Waals surface area contributed by atoms with Gasteiger partial charge < -0.3 is 10.2 Å². The molecule has 0 aliphatic carbocycles. The number of benzene rings is 1. The van der Waals surface area contributed by atoms with E-state index < -0.39 is 0 Å². The number of thioether (sulfide) groups is 1. The van der Waals surface area contributed by atoms with Crippen LogP contribution in [0.5, 0.6) is 0 Å². The lowest BCUT2D eigenvalue weighted by Gasteiger charge is -2.34. The summed E-state index contributed by atoms with van der Waals surface area (Å²) in [7, 11) is 0. The first kappa shape index (κ1) is 18.7. The van der Waals surface area contributed by atoms with Crippen molar-refractivity contribution in [2.75, 3.05) is 22.5 Å². The van der Waals surface area contributed by atoms with Crippen molar-refractivity contribution < 1.29 is 4.79 Å². The highest BCUT2D eigenvalue weighted by Gasteiger charge is 2.20.